The number of esters is 7. The molecule has 0 radical (unpaired) electrons. The Kier molecular flexibility index (Phi) is 18.0. The van der Waals surface area contributed by atoms with Crippen molar-refractivity contribution >= 4 is 41.8 Å². The number of carbonyl (C=O) groups excluding carboxylic acids is 7. The van der Waals surface area contributed by atoms with Crippen molar-refractivity contribution in [3.63, 3.8) is 0 Å². The minimum absolute atomic E-state index is 0.114. The van der Waals surface area contributed by atoms with Gasteiger partial charge in [-0.05, 0) is 118 Å². The maximum atomic E-state index is 13.2. The molecule has 0 aromatic rings. The summed E-state index contributed by atoms with van der Waals surface area (Å²) in [6, 6.07) is 0. The van der Waals surface area contributed by atoms with Gasteiger partial charge in [0.2, 0.25) is 0 Å². The average Bonchev–Trinajstić information content (AvgIpc) is 3.88. The largest absolute Gasteiger partial charge is 0.463 e. The Hall–Kier alpha value is -3.99. The highest BCUT2D eigenvalue weighted by molar-refractivity contribution is 5.69. The molecule has 77 heavy (non-hydrogen) atoms. The van der Waals surface area contributed by atoms with E-state index >= 15 is 0 Å². The molecule has 0 aromatic carbocycles. The summed E-state index contributed by atoms with van der Waals surface area (Å²) in [5.41, 5.74) is -3.99. The van der Waals surface area contributed by atoms with Crippen LogP contribution in [0.4, 0.5) is 0 Å². The maximum absolute atomic E-state index is 13.2. The van der Waals surface area contributed by atoms with Crippen molar-refractivity contribution in [2.45, 2.75) is 258 Å². The van der Waals surface area contributed by atoms with Crippen molar-refractivity contribution < 1.29 is 101 Å². The highest BCUT2D eigenvalue weighted by Crippen LogP contribution is 2.72. The second-order valence-electron chi connectivity index (χ2n) is 25.1. The molecule has 2 N–H and O–H groups in total. The van der Waals surface area contributed by atoms with Gasteiger partial charge in [0.1, 0.15) is 12.7 Å². The van der Waals surface area contributed by atoms with Crippen LogP contribution in [0.1, 0.15) is 168 Å². The number of hydrogen-bond acceptors (Lipinski definition) is 21. The summed E-state index contributed by atoms with van der Waals surface area (Å²) >= 11 is 0. The summed E-state index contributed by atoms with van der Waals surface area (Å²) in [7, 11) is 0. The van der Waals surface area contributed by atoms with E-state index in [4.69, 9.17) is 56.8 Å². The van der Waals surface area contributed by atoms with Gasteiger partial charge >= 0.3 is 41.8 Å². The zero-order chi connectivity index (χ0) is 57.0. The van der Waals surface area contributed by atoms with Gasteiger partial charge in [-0.1, -0.05) is 34.1 Å². The topological polar surface area (TPSA) is 271 Å². The number of ether oxygens (including phenoxy) is 12. The number of carbonyl (C=O) groups is 7. The molecule has 7 aliphatic rings. The molecule has 436 valence electrons. The van der Waals surface area contributed by atoms with E-state index in [1.807, 2.05) is 0 Å². The van der Waals surface area contributed by atoms with Crippen LogP contribution in [-0.2, 0) is 90.4 Å². The Bertz CT molecular complexity index is 2200. The molecule has 4 aliphatic carbocycles. The molecule has 1 spiro atoms. The van der Waals surface area contributed by atoms with Gasteiger partial charge in [0.05, 0.1) is 42.2 Å². The molecule has 3 heterocycles. The van der Waals surface area contributed by atoms with Crippen LogP contribution < -0.4 is 0 Å². The van der Waals surface area contributed by atoms with Crippen LogP contribution >= 0.6 is 0 Å². The summed E-state index contributed by atoms with van der Waals surface area (Å²) < 4.78 is 74.3. The highest BCUT2D eigenvalue weighted by atomic mass is 16.7. The Morgan fingerprint density at radius 2 is 1.19 bits per heavy atom. The first-order chi connectivity index (χ1) is 35.7. The van der Waals surface area contributed by atoms with Gasteiger partial charge in [0.15, 0.2) is 49.2 Å². The fourth-order valence-electron chi connectivity index (χ4n) is 15.5. The fraction of sp³-hybridized carbons (Fsp3) is 0.875. The standard InChI is InChI=1S/C56H86O21/c1-28(57)66-26-39-42(69-30(3)59)44(71-32(5)61)46(73-34(7)63)50(75-39)74-37(24-35-16-15-19-53(12)47(36(64)25-54(35,53)13)55(14)20-17-41(77-55)52(10,11)65)48-51(8,9)40(18-21-56(48)22-23-56)76-49-45(72-33(6)62)43(70-31(4)60)38(27-67-49)68-29(2)58/h35-50,64-65H,15-27H2,1-14H3/t35-,36-,37-,38+,39+,40-,41-,42+,43-,44-,45+,46+,47?,48-,49-,50+,53+,54-,55+/m0/s1. The lowest BCUT2D eigenvalue weighted by atomic mass is 9.49. The Labute approximate surface area is 452 Å². The minimum atomic E-state index is -1.51. The normalized spacial score (nSPS) is 40.5. The molecule has 7 rings (SSSR count). The van der Waals surface area contributed by atoms with Gasteiger partial charge in [-0.2, -0.15) is 0 Å². The fourth-order valence-corrected chi connectivity index (χ4v) is 15.5. The van der Waals surface area contributed by atoms with Crippen LogP contribution in [0.5, 0.6) is 0 Å². The molecule has 21 heteroatoms. The van der Waals surface area contributed by atoms with E-state index in [9.17, 15) is 43.8 Å². The Morgan fingerprint density at radius 3 is 1.74 bits per heavy atom. The van der Waals surface area contributed by atoms with Crippen LogP contribution in [0, 0.1) is 39.4 Å². The van der Waals surface area contributed by atoms with Crippen LogP contribution in [0.15, 0.2) is 0 Å². The lowest BCUT2D eigenvalue weighted by molar-refractivity contribution is -0.334. The molecule has 7 fully saturated rings. The Balaban J connectivity index is 1.33. The van der Waals surface area contributed by atoms with Crippen LogP contribution in [0.2, 0.25) is 0 Å². The van der Waals surface area contributed by atoms with E-state index in [1.54, 1.807) is 13.8 Å². The molecule has 0 aromatic heterocycles. The zero-order valence-corrected chi connectivity index (χ0v) is 47.6. The van der Waals surface area contributed by atoms with Crippen LogP contribution in [-0.4, -0.2) is 156 Å². The number of aliphatic hydroxyl groups is 2. The molecule has 0 bridgehead atoms. The molecule has 3 saturated heterocycles. The molecule has 3 aliphatic heterocycles. The summed E-state index contributed by atoms with van der Waals surface area (Å²) in [5, 5.41) is 23.6. The first kappa shape index (κ1) is 60.6. The third kappa shape index (κ3) is 12.7. The zero-order valence-electron chi connectivity index (χ0n) is 47.6. The molecular formula is C56H86O21. The first-order valence-electron chi connectivity index (χ1n) is 27.6. The number of rotatable bonds is 17. The highest BCUT2D eigenvalue weighted by Gasteiger charge is 2.70. The van der Waals surface area contributed by atoms with Crippen molar-refractivity contribution in [2.24, 2.45) is 39.4 Å². The third-order valence-electron chi connectivity index (χ3n) is 18.8. The molecule has 1 unspecified atom stereocenters. The molecule has 4 saturated carbocycles. The van der Waals surface area contributed by atoms with Crippen molar-refractivity contribution in [1.82, 2.24) is 0 Å². The van der Waals surface area contributed by atoms with E-state index < -0.39 is 161 Å². The van der Waals surface area contributed by atoms with Crippen molar-refractivity contribution in [2.75, 3.05) is 13.2 Å². The molecular weight excluding hydrogens is 1010 g/mol. The van der Waals surface area contributed by atoms with Crippen LogP contribution in [0.25, 0.3) is 0 Å². The third-order valence-corrected chi connectivity index (χ3v) is 18.8. The number of hydrogen-bond donors (Lipinski definition) is 2. The van der Waals surface area contributed by atoms with Crippen molar-refractivity contribution in [3.8, 4) is 0 Å². The predicted molar refractivity (Wildman–Crippen MR) is 267 cm³/mol. The summed E-state index contributed by atoms with van der Waals surface area (Å²) in [6.45, 7) is 21.8. The van der Waals surface area contributed by atoms with E-state index in [0.29, 0.717) is 38.5 Å². The predicted octanol–water partition coefficient (Wildman–Crippen LogP) is 5.50. The van der Waals surface area contributed by atoms with E-state index in [-0.39, 0.29) is 23.9 Å². The second kappa shape index (κ2) is 22.9. The summed E-state index contributed by atoms with van der Waals surface area (Å²) in [5.74, 6) is -5.90. The summed E-state index contributed by atoms with van der Waals surface area (Å²) in [4.78, 5) is 88.8. The van der Waals surface area contributed by atoms with Crippen LogP contribution in [0.3, 0.4) is 0 Å². The van der Waals surface area contributed by atoms with Gasteiger partial charge in [0, 0.05) is 54.4 Å². The smallest absolute Gasteiger partial charge is 0.303 e. The van der Waals surface area contributed by atoms with E-state index in [2.05, 4.69) is 34.6 Å². The molecule has 0 amide bonds. The van der Waals surface area contributed by atoms with E-state index in [0.717, 1.165) is 46.0 Å². The van der Waals surface area contributed by atoms with Gasteiger partial charge in [-0.25, -0.2) is 0 Å². The van der Waals surface area contributed by atoms with Gasteiger partial charge in [0.25, 0.3) is 0 Å². The monoisotopic (exact) mass is 1090 g/mol. The quantitative estimate of drug-likeness (QED) is 0.134. The SMILES string of the molecule is CC(=O)OC[C@H]1O[C@@H](O[C@@H](C[C@@H]2CCC[C@]3(C)C([C@@]4(C)CC[C@@H](C(C)(C)O)O4)[C@@H](O)C[C@@]23C)[C@@H]2C3(CC[C@H](O[C@@H]4OC[C@@H](OC(C)=O)[C@H](OC(C)=O)[C@H]4OC(C)=O)C2(C)C)CC3)[C@H](OC(C)=O)[C@@H](OC(C)=O)[C@@H]1OC(C)=O. The van der Waals surface area contributed by atoms with Crippen molar-refractivity contribution in [3.05, 3.63) is 0 Å². The summed E-state index contributed by atoms with van der Waals surface area (Å²) in [6.07, 6.45) is -7.53. The first-order valence-corrected chi connectivity index (χ1v) is 27.6. The second-order valence-corrected chi connectivity index (χ2v) is 25.1. The Morgan fingerprint density at radius 1 is 0.636 bits per heavy atom. The number of aliphatic hydroxyl groups excluding tert-OH is 1. The van der Waals surface area contributed by atoms with Gasteiger partial charge in [-0.3, -0.25) is 33.6 Å². The minimum Gasteiger partial charge on any atom is -0.463 e. The van der Waals surface area contributed by atoms with Crippen molar-refractivity contribution in [1.29, 1.82) is 0 Å². The van der Waals surface area contributed by atoms with Gasteiger partial charge in [-0.15, -0.1) is 0 Å². The van der Waals surface area contributed by atoms with Gasteiger partial charge < -0.3 is 67.1 Å². The number of fused-ring (bicyclic) bond motifs is 1. The molecule has 21 nitrogen and oxygen atoms in total. The lowest BCUT2D eigenvalue weighted by Crippen LogP contribution is -2.64. The van der Waals surface area contributed by atoms with E-state index in [1.165, 1.54) is 34.6 Å². The average molecular weight is 1100 g/mol. The maximum Gasteiger partial charge on any atom is 0.303 e. The lowest BCUT2D eigenvalue weighted by Gasteiger charge is -2.58. The molecule has 19 atom stereocenters.